The highest BCUT2D eigenvalue weighted by Crippen LogP contribution is 2.34. The minimum absolute atomic E-state index is 0.0579. The van der Waals surface area contributed by atoms with Crippen LogP contribution in [-0.4, -0.2) is 50.1 Å². The summed E-state index contributed by atoms with van der Waals surface area (Å²) in [6.45, 7) is 3.52. The number of rotatable bonds is 5. The number of fused-ring (bicyclic) bond motifs is 1. The fourth-order valence-corrected chi connectivity index (χ4v) is 4.20. The molecule has 2 aromatic rings. The summed E-state index contributed by atoms with van der Waals surface area (Å²) in [4.78, 5) is 3.36. The summed E-state index contributed by atoms with van der Waals surface area (Å²) in [7, 11) is 1.71. The maximum atomic E-state index is 6.13. The fourth-order valence-electron chi connectivity index (χ4n) is 4.20. The molecule has 1 aromatic heterocycles. The van der Waals surface area contributed by atoms with Crippen molar-refractivity contribution in [1.82, 2.24) is 10.3 Å². The summed E-state index contributed by atoms with van der Waals surface area (Å²) >= 11 is 0. The summed E-state index contributed by atoms with van der Waals surface area (Å²) in [5.74, 6) is 0.909. The molecule has 4 rings (SSSR count). The first kappa shape index (κ1) is 16.9. The molecule has 136 valence electrons. The predicted molar refractivity (Wildman–Crippen MR) is 98.3 cm³/mol. The number of aromatic nitrogens is 1. The zero-order valence-electron chi connectivity index (χ0n) is 15.0. The van der Waals surface area contributed by atoms with Gasteiger partial charge in [0, 0.05) is 43.0 Å². The van der Waals surface area contributed by atoms with E-state index in [0.29, 0.717) is 6.04 Å². The number of aromatic amines is 1. The van der Waals surface area contributed by atoms with Gasteiger partial charge in [0.1, 0.15) is 5.75 Å². The van der Waals surface area contributed by atoms with Crippen molar-refractivity contribution in [2.75, 3.05) is 33.5 Å². The molecule has 1 unspecified atom stereocenters. The van der Waals surface area contributed by atoms with E-state index >= 15 is 0 Å². The third-order valence-electron chi connectivity index (χ3n) is 5.70. The maximum Gasteiger partial charge on any atom is 0.119 e. The van der Waals surface area contributed by atoms with Gasteiger partial charge in [0.25, 0.3) is 0 Å². The summed E-state index contributed by atoms with van der Waals surface area (Å²) in [6.07, 6.45) is 7.42. The smallest absolute Gasteiger partial charge is 0.119 e. The molecule has 25 heavy (non-hydrogen) atoms. The van der Waals surface area contributed by atoms with Crippen LogP contribution in [0, 0.1) is 0 Å². The lowest BCUT2D eigenvalue weighted by molar-refractivity contribution is -0.140. The van der Waals surface area contributed by atoms with E-state index < -0.39 is 0 Å². The highest BCUT2D eigenvalue weighted by molar-refractivity contribution is 5.84. The molecule has 0 saturated carbocycles. The van der Waals surface area contributed by atoms with Gasteiger partial charge >= 0.3 is 0 Å². The Bertz CT molecular complexity index is 701. The summed E-state index contributed by atoms with van der Waals surface area (Å²) in [5.41, 5.74) is 2.57. The zero-order valence-corrected chi connectivity index (χ0v) is 15.0. The number of hydrogen-bond acceptors (Lipinski definition) is 4. The van der Waals surface area contributed by atoms with E-state index in [9.17, 15) is 0 Å². The number of H-pyrrole nitrogens is 1. The van der Waals surface area contributed by atoms with Crippen LogP contribution < -0.4 is 10.1 Å². The van der Waals surface area contributed by atoms with Crippen LogP contribution in [0.4, 0.5) is 0 Å². The Labute approximate surface area is 149 Å². The van der Waals surface area contributed by atoms with E-state index in [-0.39, 0.29) is 5.60 Å². The first-order valence-corrected chi connectivity index (χ1v) is 9.37. The van der Waals surface area contributed by atoms with Gasteiger partial charge in [0.15, 0.2) is 0 Å². The zero-order chi connectivity index (χ0) is 17.1. The quantitative estimate of drug-likeness (QED) is 0.875. The van der Waals surface area contributed by atoms with Crippen molar-refractivity contribution in [3.8, 4) is 5.75 Å². The normalized spacial score (nSPS) is 23.2. The molecule has 5 heteroatoms. The van der Waals surface area contributed by atoms with Crippen molar-refractivity contribution in [1.29, 1.82) is 0 Å². The Morgan fingerprint density at radius 3 is 3.00 bits per heavy atom. The lowest BCUT2D eigenvalue weighted by atomic mass is 9.84. The van der Waals surface area contributed by atoms with Crippen LogP contribution in [0.5, 0.6) is 5.75 Å². The molecule has 2 fully saturated rings. The Morgan fingerprint density at radius 1 is 1.28 bits per heavy atom. The van der Waals surface area contributed by atoms with Crippen molar-refractivity contribution in [3.05, 3.63) is 30.0 Å². The lowest BCUT2D eigenvalue weighted by Gasteiger charge is -2.43. The highest BCUT2D eigenvalue weighted by Gasteiger charge is 2.38. The van der Waals surface area contributed by atoms with E-state index in [0.717, 1.165) is 64.2 Å². The molecule has 2 aliphatic heterocycles. The molecule has 0 amide bonds. The minimum Gasteiger partial charge on any atom is -0.497 e. The monoisotopic (exact) mass is 344 g/mol. The molecule has 5 nitrogen and oxygen atoms in total. The van der Waals surface area contributed by atoms with Crippen LogP contribution in [0.15, 0.2) is 24.4 Å². The number of methoxy groups -OCH3 is 1. The standard InChI is InChI=1S/C20H28N2O3/c1-23-17-2-3-19-18(12-17)15(14-22-19)4-8-21-16-5-9-25-20(13-16)6-10-24-11-7-20/h2-3,12,14,16,21-22H,4-11,13H2,1H3. The molecule has 0 aliphatic carbocycles. The number of ether oxygens (including phenoxy) is 3. The van der Waals surface area contributed by atoms with Gasteiger partial charge < -0.3 is 24.5 Å². The van der Waals surface area contributed by atoms with Crippen LogP contribution in [0.2, 0.25) is 0 Å². The average Bonchev–Trinajstić information content (AvgIpc) is 3.05. The predicted octanol–water partition coefficient (Wildman–Crippen LogP) is 3.04. The molecular formula is C20H28N2O3. The van der Waals surface area contributed by atoms with Crippen LogP contribution in [0.1, 0.15) is 31.2 Å². The molecule has 1 aromatic carbocycles. The highest BCUT2D eigenvalue weighted by atomic mass is 16.5. The van der Waals surface area contributed by atoms with Crippen molar-refractivity contribution >= 4 is 10.9 Å². The largest absolute Gasteiger partial charge is 0.497 e. The lowest BCUT2D eigenvalue weighted by Crippen LogP contribution is -2.50. The van der Waals surface area contributed by atoms with Crippen LogP contribution in [0.3, 0.4) is 0 Å². The molecule has 2 aliphatic rings. The van der Waals surface area contributed by atoms with Gasteiger partial charge in [-0.1, -0.05) is 0 Å². The molecular weight excluding hydrogens is 316 g/mol. The number of benzene rings is 1. The van der Waals surface area contributed by atoms with Crippen molar-refractivity contribution < 1.29 is 14.2 Å². The SMILES string of the molecule is COc1ccc2[nH]cc(CCNC3CCOC4(CCOCC4)C3)c2c1. The van der Waals surface area contributed by atoms with Gasteiger partial charge in [-0.05, 0) is 62.4 Å². The molecule has 2 N–H and O–H groups in total. The van der Waals surface area contributed by atoms with Gasteiger partial charge in [0.2, 0.25) is 0 Å². The van der Waals surface area contributed by atoms with Gasteiger partial charge in [-0.25, -0.2) is 0 Å². The van der Waals surface area contributed by atoms with E-state index in [2.05, 4.69) is 28.6 Å². The van der Waals surface area contributed by atoms with Crippen LogP contribution >= 0.6 is 0 Å². The Balaban J connectivity index is 1.34. The average molecular weight is 344 g/mol. The Kier molecular flexibility index (Phi) is 4.97. The molecule has 0 radical (unpaired) electrons. The van der Waals surface area contributed by atoms with Gasteiger partial charge in [-0.15, -0.1) is 0 Å². The fraction of sp³-hybridized carbons (Fsp3) is 0.600. The van der Waals surface area contributed by atoms with E-state index in [1.54, 1.807) is 7.11 Å². The van der Waals surface area contributed by atoms with E-state index in [1.807, 2.05) is 6.07 Å². The third kappa shape index (κ3) is 3.68. The van der Waals surface area contributed by atoms with Crippen LogP contribution in [0.25, 0.3) is 10.9 Å². The molecule has 2 saturated heterocycles. The second-order valence-corrected chi connectivity index (χ2v) is 7.26. The van der Waals surface area contributed by atoms with Crippen LogP contribution in [-0.2, 0) is 15.9 Å². The maximum absolute atomic E-state index is 6.13. The second-order valence-electron chi connectivity index (χ2n) is 7.26. The molecule has 0 bridgehead atoms. The first-order chi connectivity index (χ1) is 12.3. The summed E-state index contributed by atoms with van der Waals surface area (Å²) in [5, 5.41) is 5.02. The summed E-state index contributed by atoms with van der Waals surface area (Å²) in [6, 6.07) is 6.74. The van der Waals surface area contributed by atoms with Crippen molar-refractivity contribution in [3.63, 3.8) is 0 Å². The number of nitrogens with one attached hydrogen (secondary N) is 2. The van der Waals surface area contributed by atoms with E-state index in [1.165, 1.54) is 16.5 Å². The van der Waals surface area contributed by atoms with Gasteiger partial charge in [-0.3, -0.25) is 0 Å². The van der Waals surface area contributed by atoms with Crippen molar-refractivity contribution in [2.45, 2.75) is 43.7 Å². The Morgan fingerprint density at radius 2 is 2.16 bits per heavy atom. The van der Waals surface area contributed by atoms with Gasteiger partial charge in [-0.2, -0.15) is 0 Å². The first-order valence-electron chi connectivity index (χ1n) is 9.37. The Hall–Kier alpha value is -1.56. The van der Waals surface area contributed by atoms with E-state index in [4.69, 9.17) is 14.2 Å². The number of hydrogen-bond donors (Lipinski definition) is 2. The molecule has 1 spiro atoms. The van der Waals surface area contributed by atoms with Gasteiger partial charge in [0.05, 0.1) is 12.7 Å². The van der Waals surface area contributed by atoms with Crippen molar-refractivity contribution in [2.24, 2.45) is 0 Å². The second kappa shape index (κ2) is 7.36. The molecule has 3 heterocycles. The summed E-state index contributed by atoms with van der Waals surface area (Å²) < 4.78 is 17.0. The third-order valence-corrected chi connectivity index (χ3v) is 5.70. The topological polar surface area (TPSA) is 55.5 Å². The minimum atomic E-state index is 0.0579. The molecule has 1 atom stereocenters.